The number of hydrogen-bond donors (Lipinski definition) is 1. The van der Waals surface area contributed by atoms with Crippen molar-refractivity contribution in [3.05, 3.63) is 71.2 Å². The molecule has 1 saturated heterocycles. The van der Waals surface area contributed by atoms with E-state index in [1.165, 1.54) is 11.3 Å². The molecule has 3 aromatic rings. The number of thiazole rings is 1. The average molecular weight is 406 g/mol. The molecule has 2 amide bonds. The third-order valence-corrected chi connectivity index (χ3v) is 6.07. The number of amides is 2. The molecular weight excluding hydrogens is 382 g/mol. The van der Waals surface area contributed by atoms with Gasteiger partial charge in [-0.3, -0.25) is 9.59 Å². The SMILES string of the molecule is Cc1cnc(NC(=O)C2CCN(C(=O)c3ccc(-c4ccccc4)cc3)CC2)s1. The normalized spacial score (nSPS) is 14.6. The molecule has 0 saturated carbocycles. The van der Waals surface area contributed by atoms with E-state index in [2.05, 4.69) is 22.4 Å². The first-order chi connectivity index (χ1) is 14.1. The molecule has 0 unspecified atom stereocenters. The molecule has 5 nitrogen and oxygen atoms in total. The van der Waals surface area contributed by atoms with E-state index in [4.69, 9.17) is 0 Å². The first kappa shape index (κ1) is 19.3. The van der Waals surface area contributed by atoms with Gasteiger partial charge in [0, 0.05) is 35.6 Å². The number of nitrogens with zero attached hydrogens (tertiary/aromatic N) is 2. The molecule has 0 bridgehead atoms. The van der Waals surface area contributed by atoms with Crippen LogP contribution in [0.4, 0.5) is 5.13 Å². The summed E-state index contributed by atoms with van der Waals surface area (Å²) in [5.74, 6) is -0.0543. The van der Waals surface area contributed by atoms with Gasteiger partial charge in [0.2, 0.25) is 5.91 Å². The smallest absolute Gasteiger partial charge is 0.253 e. The van der Waals surface area contributed by atoms with E-state index in [9.17, 15) is 9.59 Å². The molecule has 0 spiro atoms. The Labute approximate surface area is 174 Å². The largest absolute Gasteiger partial charge is 0.339 e. The second kappa shape index (κ2) is 8.57. The summed E-state index contributed by atoms with van der Waals surface area (Å²) in [5, 5.41) is 3.54. The zero-order valence-corrected chi connectivity index (χ0v) is 17.1. The standard InChI is InChI=1S/C23H23N3O2S/c1-16-15-24-23(29-16)25-21(27)19-11-13-26(14-12-19)22(28)20-9-7-18(8-10-20)17-5-3-2-4-6-17/h2-10,15,19H,11-14H2,1H3,(H,24,25,27). The maximum absolute atomic E-state index is 12.8. The van der Waals surface area contributed by atoms with Crippen LogP contribution in [0.15, 0.2) is 60.8 Å². The highest BCUT2D eigenvalue weighted by Crippen LogP contribution is 2.24. The summed E-state index contributed by atoms with van der Waals surface area (Å²) in [6.45, 7) is 3.15. The Morgan fingerprint density at radius 2 is 1.66 bits per heavy atom. The van der Waals surface area contributed by atoms with E-state index < -0.39 is 0 Å². The van der Waals surface area contributed by atoms with Crippen LogP contribution in [0.3, 0.4) is 0 Å². The molecular formula is C23H23N3O2S. The van der Waals surface area contributed by atoms with Crippen LogP contribution in [0.5, 0.6) is 0 Å². The molecule has 4 rings (SSSR count). The lowest BCUT2D eigenvalue weighted by Crippen LogP contribution is -2.41. The van der Waals surface area contributed by atoms with E-state index in [1.54, 1.807) is 6.20 Å². The van der Waals surface area contributed by atoms with Gasteiger partial charge >= 0.3 is 0 Å². The zero-order chi connectivity index (χ0) is 20.2. The Bertz CT molecular complexity index is 990. The van der Waals surface area contributed by atoms with Crippen LogP contribution >= 0.6 is 11.3 Å². The fraction of sp³-hybridized carbons (Fsp3) is 0.261. The number of carbonyl (C=O) groups is 2. The van der Waals surface area contributed by atoms with Crippen molar-refractivity contribution in [3.63, 3.8) is 0 Å². The van der Waals surface area contributed by atoms with E-state index in [1.807, 2.05) is 54.3 Å². The monoisotopic (exact) mass is 405 g/mol. The Kier molecular flexibility index (Phi) is 5.71. The lowest BCUT2D eigenvalue weighted by atomic mass is 9.95. The van der Waals surface area contributed by atoms with Crippen LogP contribution in [-0.2, 0) is 4.79 Å². The van der Waals surface area contributed by atoms with Gasteiger partial charge in [0.1, 0.15) is 0 Å². The van der Waals surface area contributed by atoms with Gasteiger partial charge in [0.15, 0.2) is 5.13 Å². The van der Waals surface area contributed by atoms with Gasteiger partial charge in [0.05, 0.1) is 0 Å². The Morgan fingerprint density at radius 1 is 1.00 bits per heavy atom. The fourth-order valence-electron chi connectivity index (χ4n) is 3.58. The second-order valence-corrected chi connectivity index (χ2v) is 8.51. The lowest BCUT2D eigenvalue weighted by Gasteiger charge is -2.31. The number of nitrogens with one attached hydrogen (secondary N) is 1. The molecule has 2 heterocycles. The van der Waals surface area contributed by atoms with Crippen molar-refractivity contribution in [1.29, 1.82) is 0 Å². The number of aromatic nitrogens is 1. The van der Waals surface area contributed by atoms with Gasteiger partial charge < -0.3 is 10.2 Å². The fourth-order valence-corrected chi connectivity index (χ4v) is 4.25. The molecule has 1 aliphatic rings. The van der Waals surface area contributed by atoms with Gasteiger partial charge in [-0.2, -0.15) is 0 Å². The van der Waals surface area contributed by atoms with Crippen LogP contribution in [-0.4, -0.2) is 34.8 Å². The van der Waals surface area contributed by atoms with Crippen molar-refractivity contribution in [1.82, 2.24) is 9.88 Å². The Hall–Kier alpha value is -2.99. The number of hydrogen-bond acceptors (Lipinski definition) is 4. The number of carbonyl (C=O) groups excluding carboxylic acids is 2. The second-order valence-electron chi connectivity index (χ2n) is 7.28. The summed E-state index contributed by atoms with van der Waals surface area (Å²) in [7, 11) is 0. The topological polar surface area (TPSA) is 62.3 Å². The number of likely N-dealkylation sites (tertiary alicyclic amines) is 1. The molecule has 148 valence electrons. The van der Waals surface area contributed by atoms with Crippen LogP contribution in [0, 0.1) is 12.8 Å². The van der Waals surface area contributed by atoms with E-state index in [0.29, 0.717) is 36.6 Å². The third kappa shape index (κ3) is 4.54. The van der Waals surface area contributed by atoms with Gasteiger partial charge in [-0.25, -0.2) is 4.98 Å². The summed E-state index contributed by atoms with van der Waals surface area (Å²) < 4.78 is 0. The van der Waals surface area contributed by atoms with E-state index in [0.717, 1.165) is 16.0 Å². The number of anilines is 1. The number of aryl methyl sites for hydroxylation is 1. The first-order valence-electron chi connectivity index (χ1n) is 9.78. The molecule has 1 aliphatic heterocycles. The summed E-state index contributed by atoms with van der Waals surface area (Å²) in [6, 6.07) is 17.8. The summed E-state index contributed by atoms with van der Waals surface area (Å²) in [6.07, 6.45) is 3.10. The van der Waals surface area contributed by atoms with Gasteiger partial charge in [-0.1, -0.05) is 42.5 Å². The Balaban J connectivity index is 1.33. The van der Waals surface area contributed by atoms with Crippen molar-refractivity contribution in [2.75, 3.05) is 18.4 Å². The van der Waals surface area contributed by atoms with E-state index >= 15 is 0 Å². The molecule has 1 N–H and O–H groups in total. The van der Waals surface area contributed by atoms with Gasteiger partial charge in [-0.05, 0) is 43.0 Å². The van der Waals surface area contributed by atoms with Crippen molar-refractivity contribution >= 4 is 28.3 Å². The molecule has 1 fully saturated rings. The number of rotatable bonds is 4. The highest BCUT2D eigenvalue weighted by Gasteiger charge is 2.28. The maximum atomic E-state index is 12.8. The van der Waals surface area contributed by atoms with Crippen molar-refractivity contribution in [3.8, 4) is 11.1 Å². The van der Waals surface area contributed by atoms with E-state index in [-0.39, 0.29) is 17.7 Å². The minimum absolute atomic E-state index is 0.00124. The summed E-state index contributed by atoms with van der Waals surface area (Å²) in [4.78, 5) is 32.4. The zero-order valence-electron chi connectivity index (χ0n) is 16.3. The van der Waals surface area contributed by atoms with Crippen LogP contribution in [0.25, 0.3) is 11.1 Å². The van der Waals surface area contributed by atoms with Gasteiger partial charge in [-0.15, -0.1) is 11.3 Å². The molecule has 0 atom stereocenters. The summed E-state index contributed by atoms with van der Waals surface area (Å²) >= 11 is 1.47. The lowest BCUT2D eigenvalue weighted by molar-refractivity contribution is -0.121. The van der Waals surface area contributed by atoms with Crippen molar-refractivity contribution in [2.24, 2.45) is 5.92 Å². The minimum atomic E-state index is -0.0799. The summed E-state index contributed by atoms with van der Waals surface area (Å²) in [5.41, 5.74) is 2.91. The van der Waals surface area contributed by atoms with Crippen LogP contribution < -0.4 is 5.32 Å². The minimum Gasteiger partial charge on any atom is -0.339 e. The highest BCUT2D eigenvalue weighted by molar-refractivity contribution is 7.15. The molecule has 29 heavy (non-hydrogen) atoms. The van der Waals surface area contributed by atoms with Crippen LogP contribution in [0.1, 0.15) is 28.1 Å². The predicted octanol–water partition coefficient (Wildman–Crippen LogP) is 4.61. The van der Waals surface area contributed by atoms with Crippen molar-refractivity contribution in [2.45, 2.75) is 19.8 Å². The highest BCUT2D eigenvalue weighted by atomic mass is 32.1. The first-order valence-corrected chi connectivity index (χ1v) is 10.6. The number of piperidine rings is 1. The molecule has 1 aromatic heterocycles. The Morgan fingerprint density at radius 3 is 2.28 bits per heavy atom. The molecule has 6 heteroatoms. The van der Waals surface area contributed by atoms with Crippen molar-refractivity contribution < 1.29 is 9.59 Å². The molecule has 2 aromatic carbocycles. The molecule has 0 radical (unpaired) electrons. The van der Waals surface area contributed by atoms with Crippen LogP contribution in [0.2, 0.25) is 0 Å². The predicted molar refractivity (Wildman–Crippen MR) is 116 cm³/mol. The number of benzene rings is 2. The maximum Gasteiger partial charge on any atom is 0.253 e. The third-order valence-electron chi connectivity index (χ3n) is 5.24. The molecule has 0 aliphatic carbocycles. The van der Waals surface area contributed by atoms with Gasteiger partial charge in [0.25, 0.3) is 5.91 Å². The average Bonchev–Trinajstić information content (AvgIpc) is 3.18. The quantitative estimate of drug-likeness (QED) is 0.689.